The van der Waals surface area contributed by atoms with Gasteiger partial charge in [-0.2, -0.15) is 10.4 Å². The number of hydrogen-bond donors (Lipinski definition) is 1. The van der Waals surface area contributed by atoms with Crippen LogP contribution in [0.25, 0.3) is 22.3 Å². The Bertz CT molecular complexity index is 1790. The number of likely N-dealkylation sites (tertiary alicyclic amines) is 1. The van der Waals surface area contributed by atoms with Crippen LogP contribution in [-0.4, -0.2) is 79.9 Å². The van der Waals surface area contributed by atoms with Gasteiger partial charge in [-0.25, -0.2) is 19.0 Å². The molecule has 2 aliphatic rings. The van der Waals surface area contributed by atoms with Crippen LogP contribution in [0.1, 0.15) is 26.7 Å². The zero-order valence-electron chi connectivity index (χ0n) is 25.5. The highest BCUT2D eigenvalue weighted by Gasteiger charge is 2.36. The number of benzene rings is 2. The number of rotatable bonds is 9. The molecule has 0 saturated carbocycles. The van der Waals surface area contributed by atoms with Crippen LogP contribution in [-0.2, 0) is 16.1 Å². The van der Waals surface area contributed by atoms with Gasteiger partial charge in [-0.15, -0.1) is 0 Å². The molecule has 45 heavy (non-hydrogen) atoms. The molecule has 2 fully saturated rings. The molecule has 1 atom stereocenters. The number of halogens is 1. The van der Waals surface area contributed by atoms with Gasteiger partial charge in [0.2, 0.25) is 0 Å². The predicted octanol–water partition coefficient (Wildman–Crippen LogP) is 4.56. The molecule has 4 aromatic rings. The van der Waals surface area contributed by atoms with Gasteiger partial charge < -0.3 is 20.1 Å². The molecule has 2 saturated heterocycles. The van der Waals surface area contributed by atoms with Crippen molar-refractivity contribution in [3.8, 4) is 28.8 Å². The minimum absolute atomic E-state index is 0.0939. The monoisotopic (exact) mass is 610 g/mol. The van der Waals surface area contributed by atoms with E-state index in [1.807, 2.05) is 39.1 Å². The maximum absolute atomic E-state index is 15.6. The third kappa shape index (κ3) is 5.96. The zero-order valence-corrected chi connectivity index (χ0v) is 25.5. The van der Waals surface area contributed by atoms with Crippen LogP contribution in [0.3, 0.4) is 0 Å². The molecule has 6 rings (SSSR count). The highest BCUT2D eigenvalue weighted by atomic mass is 19.1. The lowest BCUT2D eigenvalue weighted by Crippen LogP contribution is -2.55. The van der Waals surface area contributed by atoms with Crippen molar-refractivity contribution in [2.75, 3.05) is 32.5 Å². The van der Waals surface area contributed by atoms with Crippen LogP contribution in [0.4, 0.5) is 10.2 Å². The Labute approximate surface area is 260 Å². The minimum atomic E-state index is -0.541. The maximum Gasteiger partial charge on any atom is 0.264 e. The maximum atomic E-state index is 15.6. The third-order valence-electron chi connectivity index (χ3n) is 8.68. The summed E-state index contributed by atoms with van der Waals surface area (Å²) in [4.78, 5) is 26.2. The first-order valence-corrected chi connectivity index (χ1v) is 14.9. The van der Waals surface area contributed by atoms with Gasteiger partial charge in [0.1, 0.15) is 46.8 Å². The van der Waals surface area contributed by atoms with Gasteiger partial charge in [-0.3, -0.25) is 9.69 Å². The largest absolute Gasteiger partial charge is 0.457 e. The average molecular weight is 611 g/mol. The molecule has 0 unspecified atom stereocenters. The van der Waals surface area contributed by atoms with Gasteiger partial charge in [0, 0.05) is 23.7 Å². The van der Waals surface area contributed by atoms with E-state index in [2.05, 4.69) is 20.9 Å². The molecule has 0 spiro atoms. The highest BCUT2D eigenvalue weighted by molar-refractivity contribution is 5.99. The van der Waals surface area contributed by atoms with E-state index in [-0.39, 0.29) is 41.5 Å². The van der Waals surface area contributed by atoms with Gasteiger partial charge >= 0.3 is 0 Å². The molecule has 2 N–H and O–H groups in total. The second kappa shape index (κ2) is 12.3. The molecular weight excluding hydrogens is 575 g/mol. The second-order valence-corrected chi connectivity index (χ2v) is 12.0. The lowest BCUT2D eigenvalue weighted by molar-refractivity contribution is -0.127. The topological polar surface area (TPSA) is 135 Å². The minimum Gasteiger partial charge on any atom is -0.457 e. The number of amides is 1. The quantitative estimate of drug-likeness (QED) is 0.214. The molecule has 232 valence electrons. The molecule has 2 aliphatic heterocycles. The molecule has 0 aliphatic carbocycles. The first-order valence-electron chi connectivity index (χ1n) is 14.9. The number of nitrogen functional groups attached to an aromatic ring is 1. The van der Waals surface area contributed by atoms with Crippen molar-refractivity contribution in [3.05, 3.63) is 72.3 Å². The van der Waals surface area contributed by atoms with Crippen molar-refractivity contribution in [2.45, 2.75) is 50.9 Å². The number of carbonyl (C=O) groups excluding carboxylic acids is 1. The Morgan fingerprint density at radius 3 is 2.69 bits per heavy atom. The number of likely N-dealkylation sites (N-methyl/N-ethyl adjacent to an activating group) is 1. The number of para-hydroxylation sites is 1. The van der Waals surface area contributed by atoms with Crippen molar-refractivity contribution in [2.24, 2.45) is 0 Å². The average Bonchev–Trinajstić information content (AvgIpc) is 3.61. The first kappa shape index (κ1) is 30.2. The van der Waals surface area contributed by atoms with E-state index in [1.165, 1.54) is 12.4 Å². The number of hydrogen-bond acceptors (Lipinski definition) is 9. The summed E-state index contributed by atoms with van der Waals surface area (Å²) in [5, 5.41) is 15.2. The Hall–Kier alpha value is -4.86. The number of anilines is 1. The fourth-order valence-corrected chi connectivity index (χ4v) is 5.88. The standard InChI is InChI=1S/C33H35FN8O3/c1-33(2,40(3)23-18-44-19-23)15-21(16-35)32(43)41-13-7-8-22(41)17-42-31-28(30(36)37-20-38-31)29(39-42)26-12-11-25(14-27(26)34)45-24-9-5-4-6-10-24/h4-6,9-12,14-15,20,22-23H,7-8,13,17-19H2,1-3H3,(H2,36,37,38)/b21-15-/t22-/m1/s1. The summed E-state index contributed by atoms with van der Waals surface area (Å²) in [6.45, 7) is 6.02. The van der Waals surface area contributed by atoms with Crippen LogP contribution in [0.15, 0.2) is 66.5 Å². The van der Waals surface area contributed by atoms with Crippen LogP contribution in [0.5, 0.6) is 11.5 Å². The van der Waals surface area contributed by atoms with Gasteiger partial charge in [0.05, 0.1) is 37.2 Å². The van der Waals surface area contributed by atoms with E-state index in [0.717, 1.165) is 6.42 Å². The molecule has 0 radical (unpaired) electrons. The van der Waals surface area contributed by atoms with Crippen molar-refractivity contribution in [3.63, 3.8) is 0 Å². The van der Waals surface area contributed by atoms with Crippen LogP contribution in [0, 0.1) is 17.1 Å². The van der Waals surface area contributed by atoms with Gasteiger partial charge in [0.15, 0.2) is 5.65 Å². The van der Waals surface area contributed by atoms with E-state index >= 15 is 4.39 Å². The van der Waals surface area contributed by atoms with E-state index in [0.29, 0.717) is 54.4 Å². The number of nitrogens with two attached hydrogens (primary N) is 1. The summed E-state index contributed by atoms with van der Waals surface area (Å²) in [6, 6.07) is 15.8. The van der Waals surface area contributed by atoms with E-state index in [9.17, 15) is 10.1 Å². The lowest BCUT2D eigenvalue weighted by atomic mass is 9.96. The number of nitriles is 1. The van der Waals surface area contributed by atoms with Gasteiger partial charge in [0.25, 0.3) is 5.91 Å². The number of nitrogens with zero attached hydrogens (tertiary/aromatic N) is 7. The van der Waals surface area contributed by atoms with E-state index < -0.39 is 11.4 Å². The molecule has 1 amide bonds. The molecule has 2 aromatic carbocycles. The van der Waals surface area contributed by atoms with Crippen LogP contribution in [0.2, 0.25) is 0 Å². The Balaban J connectivity index is 1.28. The first-order chi connectivity index (χ1) is 21.7. The highest BCUT2D eigenvalue weighted by Crippen LogP contribution is 2.35. The SMILES string of the molecule is CN(C1COC1)C(C)(C)/C=C(/C#N)C(=O)N1CCC[C@@H]1Cn1nc(-c2ccc(Oc3ccccc3)cc2F)c2c(N)ncnc21. The normalized spacial score (nSPS) is 17.5. The van der Waals surface area contributed by atoms with Gasteiger partial charge in [-0.1, -0.05) is 18.2 Å². The summed E-state index contributed by atoms with van der Waals surface area (Å²) in [5.74, 6) is 0.235. The third-order valence-corrected chi connectivity index (χ3v) is 8.68. The van der Waals surface area contributed by atoms with Crippen molar-refractivity contribution < 1.29 is 18.7 Å². The molecule has 4 heterocycles. The molecule has 2 aromatic heterocycles. The summed E-state index contributed by atoms with van der Waals surface area (Å²) < 4.78 is 28.3. The van der Waals surface area contributed by atoms with E-state index in [1.54, 1.807) is 39.9 Å². The van der Waals surface area contributed by atoms with Crippen molar-refractivity contribution in [1.82, 2.24) is 29.5 Å². The number of carbonyl (C=O) groups is 1. The summed E-state index contributed by atoms with van der Waals surface area (Å²) in [7, 11) is 1.97. The number of fused-ring (bicyclic) bond motifs is 1. The second-order valence-electron chi connectivity index (χ2n) is 12.0. The molecular formula is C33H35FN8O3. The lowest BCUT2D eigenvalue weighted by Gasteiger charge is -2.43. The van der Waals surface area contributed by atoms with Crippen molar-refractivity contribution >= 4 is 22.8 Å². The Morgan fingerprint density at radius 1 is 1.22 bits per heavy atom. The molecule has 0 bridgehead atoms. The summed E-state index contributed by atoms with van der Waals surface area (Å²) in [5.41, 5.74) is 6.79. The van der Waals surface area contributed by atoms with Gasteiger partial charge in [-0.05, 0) is 64.1 Å². The van der Waals surface area contributed by atoms with E-state index in [4.69, 9.17) is 20.3 Å². The Morgan fingerprint density at radius 2 is 2.00 bits per heavy atom. The zero-order chi connectivity index (χ0) is 31.7. The summed E-state index contributed by atoms with van der Waals surface area (Å²) >= 11 is 0. The Kier molecular flexibility index (Phi) is 8.22. The van der Waals surface area contributed by atoms with Crippen LogP contribution >= 0.6 is 0 Å². The fourth-order valence-electron chi connectivity index (χ4n) is 5.88. The van der Waals surface area contributed by atoms with Crippen molar-refractivity contribution in [1.29, 1.82) is 5.26 Å². The molecule has 12 heteroatoms. The fraction of sp³-hybridized carbons (Fsp3) is 0.364. The van der Waals surface area contributed by atoms with Crippen LogP contribution < -0.4 is 10.5 Å². The number of aromatic nitrogens is 4. The molecule has 11 nitrogen and oxygen atoms in total. The summed E-state index contributed by atoms with van der Waals surface area (Å²) in [6.07, 6.45) is 4.57. The predicted molar refractivity (Wildman–Crippen MR) is 167 cm³/mol. The smallest absolute Gasteiger partial charge is 0.264 e. The number of ether oxygens (including phenoxy) is 2.